The van der Waals surface area contributed by atoms with Crippen LogP contribution in [-0.4, -0.2) is 50.8 Å². The van der Waals surface area contributed by atoms with Crippen LogP contribution in [0.2, 0.25) is 0 Å². The monoisotopic (exact) mass is 514 g/mol. The van der Waals surface area contributed by atoms with Crippen molar-refractivity contribution in [3.05, 3.63) is 74.7 Å². The highest BCUT2D eigenvalue weighted by Gasteiger charge is 2.42. The average Bonchev–Trinajstić information content (AvgIpc) is 3.01. The van der Waals surface area contributed by atoms with Crippen molar-refractivity contribution in [1.29, 1.82) is 0 Å². The Bertz CT molecular complexity index is 1360. The third-order valence-electron chi connectivity index (χ3n) is 7.50. The van der Waals surface area contributed by atoms with Crippen molar-refractivity contribution in [2.24, 2.45) is 0 Å². The van der Waals surface area contributed by atoms with Gasteiger partial charge in [-0.2, -0.15) is 18.2 Å². The minimum atomic E-state index is -4.57. The number of hydrogen-bond acceptors (Lipinski definition) is 5. The molecule has 196 valence electrons. The third-order valence-corrected chi connectivity index (χ3v) is 7.50. The Morgan fingerprint density at radius 3 is 2.70 bits per heavy atom. The highest BCUT2D eigenvalue weighted by molar-refractivity contribution is 5.96. The molecule has 2 aromatic rings. The Labute approximate surface area is 212 Å². The summed E-state index contributed by atoms with van der Waals surface area (Å²) in [5.41, 5.74) is 3.22. The van der Waals surface area contributed by atoms with Gasteiger partial charge in [0.1, 0.15) is 6.54 Å². The summed E-state index contributed by atoms with van der Waals surface area (Å²) in [6, 6.07) is 7.16. The largest absolute Gasteiger partial charge is 0.501 e. The first-order valence-electron chi connectivity index (χ1n) is 12.5. The fraction of sp³-hybridized carbons (Fsp3) is 0.444. The van der Waals surface area contributed by atoms with Crippen LogP contribution >= 0.6 is 0 Å². The Morgan fingerprint density at radius 2 is 1.97 bits per heavy atom. The van der Waals surface area contributed by atoms with Crippen molar-refractivity contribution in [2.45, 2.75) is 63.7 Å². The number of allylic oxidation sites excluding steroid dienone is 4. The smallest absolute Gasteiger partial charge is 0.405 e. The number of hydrogen-bond donors (Lipinski definition) is 2. The molecule has 0 radical (unpaired) electrons. The van der Waals surface area contributed by atoms with E-state index in [9.17, 15) is 27.9 Å². The van der Waals surface area contributed by atoms with Crippen molar-refractivity contribution in [1.82, 2.24) is 14.5 Å². The van der Waals surface area contributed by atoms with Crippen LogP contribution in [0.4, 0.5) is 19.1 Å². The standard InChI is InChI=1S/C27H29F3N4O3/c1-15(2)33-13-21(20-12-17-8-4-3-7-16(17)11-18-9-5-6-10-19(18)20)34-22(25(33)37)23(35)24(36)32-26(34)31-14-27(28,29)30/h4-6,8-10,15,20-21,35H,3,7,11-14H2,1-2H3,(H,31,32,36)/t20?,21-/m1/s1. The molecule has 3 aliphatic rings. The van der Waals surface area contributed by atoms with E-state index in [2.05, 4.69) is 28.5 Å². The van der Waals surface area contributed by atoms with Gasteiger partial charge in [0.15, 0.2) is 5.69 Å². The molecule has 1 amide bonds. The van der Waals surface area contributed by atoms with Gasteiger partial charge >= 0.3 is 11.7 Å². The van der Waals surface area contributed by atoms with Crippen LogP contribution in [0.3, 0.4) is 0 Å². The lowest BCUT2D eigenvalue weighted by molar-refractivity contribution is -0.115. The summed E-state index contributed by atoms with van der Waals surface area (Å²) in [6.07, 6.45) is 2.97. The molecule has 0 spiro atoms. The van der Waals surface area contributed by atoms with E-state index in [1.807, 2.05) is 32.0 Å². The Morgan fingerprint density at radius 1 is 1.22 bits per heavy atom. The summed E-state index contributed by atoms with van der Waals surface area (Å²) in [4.78, 5) is 31.3. The molecular formula is C27H29F3N4O3. The second kappa shape index (κ2) is 9.39. The molecule has 10 heteroatoms. The maximum atomic E-state index is 13.5. The van der Waals surface area contributed by atoms with Crippen LogP contribution in [0.1, 0.15) is 66.7 Å². The lowest BCUT2D eigenvalue weighted by atomic mass is 9.82. The van der Waals surface area contributed by atoms with Crippen LogP contribution < -0.4 is 10.9 Å². The molecule has 2 atom stereocenters. The molecule has 2 N–H and O–H groups in total. The van der Waals surface area contributed by atoms with Gasteiger partial charge in [0.05, 0.1) is 6.04 Å². The van der Waals surface area contributed by atoms with Crippen molar-refractivity contribution in [2.75, 3.05) is 18.4 Å². The first-order valence-corrected chi connectivity index (χ1v) is 12.5. The topological polar surface area (TPSA) is 87.5 Å². The summed E-state index contributed by atoms with van der Waals surface area (Å²) < 4.78 is 40.8. The molecule has 1 aromatic heterocycles. The number of alkyl halides is 3. The second-order valence-electron chi connectivity index (χ2n) is 10.2. The van der Waals surface area contributed by atoms with Gasteiger partial charge < -0.3 is 15.3 Å². The SMILES string of the molecule is CC(C)N1C[C@H](C2CC3=C(CCC=C3)Cc3ccccc32)n2c(NCC(F)(F)F)nc(=O)c(O)c2C1=O. The molecule has 0 saturated heterocycles. The van der Waals surface area contributed by atoms with Gasteiger partial charge in [0.25, 0.3) is 5.91 Å². The number of nitrogens with one attached hydrogen (secondary N) is 1. The summed E-state index contributed by atoms with van der Waals surface area (Å²) in [5, 5.41) is 12.9. The molecule has 0 bridgehead atoms. The lowest BCUT2D eigenvalue weighted by Gasteiger charge is -2.42. The Balaban J connectivity index is 1.73. The predicted octanol–water partition coefficient (Wildman–Crippen LogP) is 4.71. The highest BCUT2D eigenvalue weighted by atomic mass is 19.4. The van der Waals surface area contributed by atoms with Crippen LogP contribution in [0.5, 0.6) is 5.75 Å². The maximum absolute atomic E-state index is 13.5. The minimum absolute atomic E-state index is 0.194. The summed E-state index contributed by atoms with van der Waals surface area (Å²) in [7, 11) is 0. The molecule has 2 aliphatic carbocycles. The number of fused-ring (bicyclic) bond motifs is 2. The normalized spacial score (nSPS) is 21.5. The molecule has 2 heterocycles. The fourth-order valence-corrected chi connectivity index (χ4v) is 5.76. The van der Waals surface area contributed by atoms with Crippen molar-refractivity contribution in [3.63, 3.8) is 0 Å². The second-order valence-corrected chi connectivity index (χ2v) is 10.2. The third kappa shape index (κ3) is 4.65. The fourth-order valence-electron chi connectivity index (χ4n) is 5.76. The Kier molecular flexibility index (Phi) is 6.37. The quantitative estimate of drug-likeness (QED) is 0.618. The van der Waals surface area contributed by atoms with E-state index < -0.39 is 36.0 Å². The van der Waals surface area contributed by atoms with Crippen LogP contribution in [0.25, 0.3) is 0 Å². The van der Waals surface area contributed by atoms with Gasteiger partial charge in [-0.3, -0.25) is 14.2 Å². The van der Waals surface area contributed by atoms with E-state index in [-0.39, 0.29) is 30.1 Å². The van der Waals surface area contributed by atoms with E-state index in [0.717, 1.165) is 30.4 Å². The summed E-state index contributed by atoms with van der Waals surface area (Å²) in [6.45, 7) is 2.42. The zero-order chi connectivity index (χ0) is 26.5. The molecule has 5 rings (SSSR count). The van der Waals surface area contributed by atoms with Gasteiger partial charge in [0, 0.05) is 18.5 Å². The number of nitrogens with zero attached hydrogens (tertiary/aromatic N) is 3. The van der Waals surface area contributed by atoms with Crippen molar-refractivity contribution < 1.29 is 23.1 Å². The number of benzene rings is 1. The van der Waals surface area contributed by atoms with Crippen LogP contribution in [0.15, 0.2) is 52.4 Å². The predicted molar refractivity (Wildman–Crippen MR) is 133 cm³/mol. The van der Waals surface area contributed by atoms with E-state index in [0.29, 0.717) is 6.42 Å². The minimum Gasteiger partial charge on any atom is -0.501 e. The van der Waals surface area contributed by atoms with E-state index in [1.54, 1.807) is 4.90 Å². The summed E-state index contributed by atoms with van der Waals surface area (Å²) in [5.74, 6) is -2.07. The number of carbonyl (C=O) groups is 1. The number of anilines is 1. The van der Waals surface area contributed by atoms with Gasteiger partial charge in [0.2, 0.25) is 11.7 Å². The maximum Gasteiger partial charge on any atom is 0.405 e. The van der Waals surface area contributed by atoms with Gasteiger partial charge in [-0.25, -0.2) is 0 Å². The van der Waals surface area contributed by atoms with E-state index in [4.69, 9.17) is 0 Å². The van der Waals surface area contributed by atoms with Crippen LogP contribution in [-0.2, 0) is 6.42 Å². The highest BCUT2D eigenvalue weighted by Crippen LogP contribution is 2.46. The molecule has 1 aliphatic heterocycles. The summed E-state index contributed by atoms with van der Waals surface area (Å²) >= 11 is 0. The molecule has 7 nitrogen and oxygen atoms in total. The Hall–Kier alpha value is -3.56. The number of carbonyl (C=O) groups excluding carboxylic acids is 1. The van der Waals surface area contributed by atoms with Crippen molar-refractivity contribution >= 4 is 11.9 Å². The molecule has 1 aromatic carbocycles. The molecule has 0 fully saturated rings. The lowest BCUT2D eigenvalue weighted by Crippen LogP contribution is -2.50. The number of rotatable bonds is 4. The molecular weight excluding hydrogens is 485 g/mol. The van der Waals surface area contributed by atoms with Gasteiger partial charge in [-0.1, -0.05) is 42.0 Å². The number of aromatic hydroxyl groups is 1. The number of aromatic nitrogens is 2. The van der Waals surface area contributed by atoms with E-state index >= 15 is 0 Å². The van der Waals surface area contributed by atoms with Crippen molar-refractivity contribution in [3.8, 4) is 5.75 Å². The van der Waals surface area contributed by atoms with Gasteiger partial charge in [-0.15, -0.1) is 0 Å². The number of halogens is 3. The molecule has 0 saturated carbocycles. The molecule has 1 unspecified atom stereocenters. The zero-order valence-corrected chi connectivity index (χ0v) is 20.7. The number of amides is 1. The first kappa shape index (κ1) is 25.1. The molecule has 37 heavy (non-hydrogen) atoms. The average molecular weight is 515 g/mol. The first-order chi connectivity index (χ1) is 17.5. The van der Waals surface area contributed by atoms with Gasteiger partial charge in [-0.05, 0) is 56.2 Å². The van der Waals surface area contributed by atoms with Crippen LogP contribution in [0, 0.1) is 0 Å². The van der Waals surface area contributed by atoms with E-state index in [1.165, 1.54) is 15.7 Å². The zero-order valence-electron chi connectivity index (χ0n) is 20.7.